The number of benzene rings is 1. The number of hydrogen-bond donors (Lipinski definition) is 1. The molecule has 1 nitrogen and oxygen atoms in total. The Hall–Kier alpha value is -1.41. The molecule has 0 atom stereocenters. The van der Waals surface area contributed by atoms with Crippen LogP contribution in [-0.4, -0.2) is 5.75 Å². The molecule has 0 spiro atoms. The van der Waals surface area contributed by atoms with E-state index in [-0.39, 0.29) is 0 Å². The Labute approximate surface area is 114 Å². The highest BCUT2D eigenvalue weighted by molar-refractivity contribution is 7.80. The van der Waals surface area contributed by atoms with Gasteiger partial charge in [-0.1, -0.05) is 24.3 Å². The molecule has 0 saturated carbocycles. The van der Waals surface area contributed by atoms with E-state index in [0.29, 0.717) is 5.75 Å². The Bertz CT molecular complexity index is 605. The number of fused-ring (bicyclic) bond motifs is 1. The number of allylic oxidation sites excluding steroid dienone is 2. The van der Waals surface area contributed by atoms with Crippen molar-refractivity contribution in [3.8, 4) is 0 Å². The van der Waals surface area contributed by atoms with Crippen LogP contribution in [0.15, 0.2) is 41.3 Å². The van der Waals surface area contributed by atoms with Crippen molar-refractivity contribution in [2.75, 3.05) is 5.75 Å². The van der Waals surface area contributed by atoms with Gasteiger partial charge in [-0.25, -0.2) is 0 Å². The fourth-order valence-electron chi connectivity index (χ4n) is 2.27. The predicted octanol–water partition coefficient (Wildman–Crippen LogP) is 4.94. The molecular weight excluding hydrogens is 240 g/mol. The SMILES string of the molecule is C=CC/C=C(/CS)c1oc2cccc(C)c2c1C. The van der Waals surface area contributed by atoms with Gasteiger partial charge in [0.25, 0.3) is 0 Å². The molecule has 0 bridgehead atoms. The summed E-state index contributed by atoms with van der Waals surface area (Å²) in [5.41, 5.74) is 4.54. The molecule has 1 aromatic heterocycles. The highest BCUT2D eigenvalue weighted by Gasteiger charge is 2.14. The maximum absolute atomic E-state index is 5.98. The van der Waals surface area contributed by atoms with Crippen molar-refractivity contribution in [3.63, 3.8) is 0 Å². The summed E-state index contributed by atoms with van der Waals surface area (Å²) in [5, 5.41) is 1.22. The van der Waals surface area contributed by atoms with Crippen LogP contribution in [0, 0.1) is 13.8 Å². The van der Waals surface area contributed by atoms with Gasteiger partial charge in [0, 0.05) is 22.3 Å². The molecule has 0 aliphatic carbocycles. The van der Waals surface area contributed by atoms with Gasteiger partial charge in [0.1, 0.15) is 11.3 Å². The summed E-state index contributed by atoms with van der Waals surface area (Å²) in [5.74, 6) is 1.63. The van der Waals surface area contributed by atoms with Gasteiger partial charge in [-0.15, -0.1) is 6.58 Å². The summed E-state index contributed by atoms with van der Waals surface area (Å²) < 4.78 is 5.98. The van der Waals surface area contributed by atoms with Gasteiger partial charge in [-0.05, 0) is 31.9 Å². The molecule has 2 aromatic rings. The van der Waals surface area contributed by atoms with E-state index in [9.17, 15) is 0 Å². The zero-order chi connectivity index (χ0) is 13.1. The van der Waals surface area contributed by atoms with E-state index in [4.69, 9.17) is 4.42 Å². The van der Waals surface area contributed by atoms with Gasteiger partial charge in [0.05, 0.1) is 0 Å². The van der Waals surface area contributed by atoms with Crippen LogP contribution in [0.2, 0.25) is 0 Å². The van der Waals surface area contributed by atoms with Crippen molar-refractivity contribution in [2.45, 2.75) is 20.3 Å². The summed E-state index contributed by atoms with van der Waals surface area (Å²) in [6, 6.07) is 6.16. The minimum atomic E-state index is 0.674. The second kappa shape index (κ2) is 5.49. The molecule has 18 heavy (non-hydrogen) atoms. The first kappa shape index (κ1) is 13.0. The lowest BCUT2D eigenvalue weighted by molar-refractivity contribution is 0.596. The second-order valence-electron chi connectivity index (χ2n) is 4.42. The Morgan fingerprint density at radius 3 is 2.78 bits per heavy atom. The molecule has 2 heteroatoms. The lowest BCUT2D eigenvalue weighted by Gasteiger charge is -2.01. The lowest BCUT2D eigenvalue weighted by atomic mass is 10.0. The second-order valence-corrected chi connectivity index (χ2v) is 4.73. The lowest BCUT2D eigenvalue weighted by Crippen LogP contribution is -1.86. The van der Waals surface area contributed by atoms with E-state index in [0.717, 1.165) is 23.3 Å². The largest absolute Gasteiger partial charge is 0.456 e. The van der Waals surface area contributed by atoms with Crippen molar-refractivity contribution in [2.24, 2.45) is 0 Å². The van der Waals surface area contributed by atoms with Crippen molar-refractivity contribution in [3.05, 3.63) is 53.8 Å². The summed E-state index contributed by atoms with van der Waals surface area (Å²) >= 11 is 4.39. The minimum absolute atomic E-state index is 0.674. The molecule has 0 fully saturated rings. The standard InChI is InChI=1S/C16H18OS/c1-4-5-8-13(10-18)16-12(3)15-11(2)7-6-9-14(15)17-16/h4,6-9,18H,1,5,10H2,2-3H3/b13-8-. The zero-order valence-corrected chi connectivity index (χ0v) is 11.8. The van der Waals surface area contributed by atoms with E-state index in [1.807, 2.05) is 18.2 Å². The number of furan rings is 1. The van der Waals surface area contributed by atoms with Crippen LogP contribution in [0.3, 0.4) is 0 Å². The van der Waals surface area contributed by atoms with Crippen LogP contribution in [-0.2, 0) is 0 Å². The van der Waals surface area contributed by atoms with E-state index in [1.54, 1.807) is 0 Å². The number of aryl methyl sites for hydroxylation is 2. The summed E-state index contributed by atoms with van der Waals surface area (Å²) in [6.07, 6.45) is 4.85. The van der Waals surface area contributed by atoms with Crippen LogP contribution >= 0.6 is 12.6 Å². The first-order valence-electron chi connectivity index (χ1n) is 6.09. The van der Waals surface area contributed by atoms with Gasteiger partial charge >= 0.3 is 0 Å². The third-order valence-electron chi connectivity index (χ3n) is 3.16. The molecule has 0 N–H and O–H groups in total. The number of hydrogen-bond acceptors (Lipinski definition) is 2. The predicted molar refractivity (Wildman–Crippen MR) is 82.3 cm³/mol. The molecule has 0 saturated heterocycles. The van der Waals surface area contributed by atoms with Crippen molar-refractivity contribution >= 4 is 29.2 Å². The van der Waals surface area contributed by atoms with E-state index in [2.05, 4.69) is 45.2 Å². The van der Waals surface area contributed by atoms with Gasteiger partial charge in [0.2, 0.25) is 0 Å². The number of rotatable bonds is 4. The average molecular weight is 258 g/mol. The first-order valence-corrected chi connectivity index (χ1v) is 6.72. The molecule has 1 heterocycles. The molecule has 2 rings (SSSR count). The smallest absolute Gasteiger partial charge is 0.135 e. The van der Waals surface area contributed by atoms with E-state index >= 15 is 0 Å². The quantitative estimate of drug-likeness (QED) is 0.605. The Morgan fingerprint density at radius 1 is 1.39 bits per heavy atom. The highest BCUT2D eigenvalue weighted by atomic mass is 32.1. The molecule has 0 aliphatic rings. The number of thiol groups is 1. The average Bonchev–Trinajstić information content (AvgIpc) is 2.70. The fraction of sp³-hybridized carbons (Fsp3) is 0.250. The molecule has 0 radical (unpaired) electrons. The van der Waals surface area contributed by atoms with Gasteiger partial charge in [-0.3, -0.25) is 0 Å². The zero-order valence-electron chi connectivity index (χ0n) is 10.9. The Kier molecular flexibility index (Phi) is 3.97. The fourth-order valence-corrected chi connectivity index (χ4v) is 2.54. The molecule has 0 unspecified atom stereocenters. The third-order valence-corrected chi connectivity index (χ3v) is 3.50. The van der Waals surface area contributed by atoms with Crippen LogP contribution in [0.4, 0.5) is 0 Å². The van der Waals surface area contributed by atoms with Crippen molar-refractivity contribution in [1.82, 2.24) is 0 Å². The molecule has 94 valence electrons. The normalized spacial score (nSPS) is 12.1. The Balaban J connectivity index is 2.61. The van der Waals surface area contributed by atoms with Crippen molar-refractivity contribution in [1.29, 1.82) is 0 Å². The minimum Gasteiger partial charge on any atom is -0.456 e. The summed E-state index contributed by atoms with van der Waals surface area (Å²) in [7, 11) is 0. The van der Waals surface area contributed by atoms with Crippen LogP contribution in [0.1, 0.15) is 23.3 Å². The van der Waals surface area contributed by atoms with Gasteiger partial charge < -0.3 is 4.42 Å². The van der Waals surface area contributed by atoms with E-state index < -0.39 is 0 Å². The third kappa shape index (κ3) is 2.25. The van der Waals surface area contributed by atoms with Crippen LogP contribution < -0.4 is 0 Å². The summed E-state index contributed by atoms with van der Waals surface area (Å²) in [6.45, 7) is 7.96. The Morgan fingerprint density at radius 2 is 2.17 bits per heavy atom. The van der Waals surface area contributed by atoms with Gasteiger partial charge in [-0.2, -0.15) is 12.6 Å². The maximum atomic E-state index is 5.98. The highest BCUT2D eigenvalue weighted by Crippen LogP contribution is 2.32. The molecular formula is C16H18OS. The monoisotopic (exact) mass is 258 g/mol. The topological polar surface area (TPSA) is 13.1 Å². The molecule has 1 aromatic carbocycles. The van der Waals surface area contributed by atoms with Gasteiger partial charge in [0.15, 0.2) is 0 Å². The van der Waals surface area contributed by atoms with Crippen molar-refractivity contribution < 1.29 is 4.42 Å². The maximum Gasteiger partial charge on any atom is 0.135 e. The molecule has 0 aliphatic heterocycles. The van der Waals surface area contributed by atoms with Crippen LogP contribution in [0.25, 0.3) is 16.5 Å². The van der Waals surface area contributed by atoms with Crippen LogP contribution in [0.5, 0.6) is 0 Å². The summed E-state index contributed by atoms with van der Waals surface area (Å²) in [4.78, 5) is 0. The molecule has 0 amide bonds. The first-order chi connectivity index (χ1) is 8.69. The van der Waals surface area contributed by atoms with E-state index in [1.165, 1.54) is 16.5 Å².